The molecule has 0 aliphatic rings. The van der Waals surface area contributed by atoms with Gasteiger partial charge in [0.05, 0.1) is 0 Å². The first-order valence-electron chi connectivity index (χ1n) is 0.418. The first-order valence-corrected chi connectivity index (χ1v) is 1.84. The van der Waals surface area contributed by atoms with E-state index in [4.69, 9.17) is 7.52 Å². The number of hydrogen-bond donors (Lipinski definition) is 0. The van der Waals surface area contributed by atoms with Crippen molar-refractivity contribution >= 4 is 43.4 Å². The summed E-state index contributed by atoms with van der Waals surface area (Å²) in [5.41, 5.74) is 0. The maximum atomic E-state index is 8.36. The summed E-state index contributed by atoms with van der Waals surface area (Å²) in [6, 6.07) is 0. The molecule has 0 aliphatic heterocycles. The van der Waals surface area contributed by atoms with E-state index in [0.29, 0.717) is 0 Å². The average molecular weight is 280 g/mol. The average Bonchev–Trinajstić information content (AvgIpc) is 1.50. The van der Waals surface area contributed by atoms with Gasteiger partial charge in [0.2, 0.25) is 0 Å². The second-order valence-corrected chi connectivity index (χ2v) is 0. The van der Waals surface area contributed by atoms with Crippen LogP contribution in [0.3, 0.4) is 0 Å². The van der Waals surface area contributed by atoms with Crippen LogP contribution in [0.4, 0.5) is 0 Å². The second kappa shape index (κ2) is 115. The Kier molecular flexibility index (Phi) is 395. The van der Waals surface area contributed by atoms with Crippen LogP contribution in [0.5, 0.6) is 0 Å². The Balaban J connectivity index is -0.0000000133. The molecule has 0 amide bonds. The smallest absolute Gasteiger partial charge is 0 e. The van der Waals surface area contributed by atoms with Crippen molar-refractivity contribution in [2.24, 2.45) is 0 Å². The molecule has 0 heterocycles. The van der Waals surface area contributed by atoms with Gasteiger partial charge in [0.25, 0.3) is 0 Å². The molecule has 0 saturated carbocycles. The molecule has 0 aromatic heterocycles. The predicted octanol–water partition coefficient (Wildman–Crippen LogP) is -1.38. The van der Waals surface area contributed by atoms with Crippen LogP contribution in [0.25, 0.3) is 0 Å². The van der Waals surface area contributed by atoms with Crippen molar-refractivity contribution < 1.29 is 7.52 Å². The number of hydrogen-bond acceptors (Lipinski definition) is 2. The summed E-state index contributed by atoms with van der Waals surface area (Å²) in [5, 5.41) is 0. The zero-order chi connectivity index (χ0) is 4.00. The molecule has 0 bridgehead atoms. The Morgan fingerprint density at radius 3 is 1.20 bits per heavy atom. The molecule has 0 aliphatic carbocycles. The van der Waals surface area contributed by atoms with E-state index in [2.05, 4.69) is 7.72 Å². The van der Waals surface area contributed by atoms with Gasteiger partial charge in [-0.05, 0) is 0 Å². The van der Waals surface area contributed by atoms with Crippen molar-refractivity contribution in [3.63, 3.8) is 0 Å². The van der Waals surface area contributed by atoms with Crippen molar-refractivity contribution in [3.8, 4) is 0 Å². The first kappa shape index (κ1) is 17.1. The van der Waals surface area contributed by atoms with Gasteiger partial charge in [-0.15, -0.1) is 0 Å². The Morgan fingerprint density at radius 1 is 1.20 bits per heavy atom. The Hall–Kier alpha value is 0.765. The van der Waals surface area contributed by atoms with Crippen molar-refractivity contribution in [3.05, 3.63) is 0 Å². The molecule has 0 aromatic carbocycles. The van der Waals surface area contributed by atoms with E-state index in [9.17, 15) is 0 Å². The van der Waals surface area contributed by atoms with Gasteiger partial charge in [0.15, 0.2) is 0 Å². The minimum absolute atomic E-state index is 0. The standard InChI is InChI=1S/BO.Bi.O.Si/c1-2;;;. The molecule has 5 heteroatoms. The van der Waals surface area contributed by atoms with Crippen molar-refractivity contribution in [1.29, 1.82) is 0 Å². The van der Waals surface area contributed by atoms with Gasteiger partial charge in [0.1, 0.15) is 0 Å². The van der Waals surface area contributed by atoms with Gasteiger partial charge < -0.3 is 0 Å². The summed E-state index contributed by atoms with van der Waals surface area (Å²) < 4.78 is 16.1. The van der Waals surface area contributed by atoms with Crippen molar-refractivity contribution in [1.82, 2.24) is 0 Å². The second-order valence-electron chi connectivity index (χ2n) is 0. The first-order chi connectivity index (χ1) is 2.00. The molecule has 0 unspecified atom stereocenters. The summed E-state index contributed by atoms with van der Waals surface area (Å²) >= 11 is 0.194. The monoisotopic (exact) mass is 280 g/mol. The number of rotatable bonds is 0. The largest absolute Gasteiger partial charge is 0 e. The Labute approximate surface area is 51.1 Å². The van der Waals surface area contributed by atoms with Gasteiger partial charge >= 0.3 is 40.0 Å². The fraction of sp³-hybridized carbons (Fsp3) is 0. The summed E-state index contributed by atoms with van der Waals surface area (Å²) in [7, 11) is 3.25. The van der Waals surface area contributed by atoms with Gasteiger partial charge in [0, 0.05) is 11.0 Å². The molecular weight excluding hydrogens is 280 g/mol. The fourth-order valence-corrected chi connectivity index (χ4v) is 0. The van der Waals surface area contributed by atoms with E-state index in [1.807, 2.05) is 0 Å². The van der Waals surface area contributed by atoms with E-state index in [0.717, 1.165) is 0 Å². The molecule has 24 valence electrons. The van der Waals surface area contributed by atoms with E-state index in [-0.39, 0.29) is 35.7 Å². The van der Waals surface area contributed by atoms with Crippen LogP contribution in [0.2, 0.25) is 0 Å². The van der Waals surface area contributed by atoms with Crippen LogP contribution in [0, 0.1) is 0 Å². The maximum absolute atomic E-state index is 8.36. The molecule has 0 fully saturated rings. The van der Waals surface area contributed by atoms with Crippen LogP contribution in [-0.2, 0) is 7.52 Å². The van der Waals surface area contributed by atoms with Gasteiger partial charge in [-0.2, -0.15) is 0 Å². The third-order valence-corrected chi connectivity index (χ3v) is 0. The van der Waals surface area contributed by atoms with Gasteiger partial charge in [-0.1, -0.05) is 0 Å². The van der Waals surface area contributed by atoms with Gasteiger partial charge in [-0.3, -0.25) is 0 Å². The van der Waals surface area contributed by atoms with Crippen LogP contribution >= 0.6 is 0 Å². The van der Waals surface area contributed by atoms with Crippen LogP contribution in [-0.4, -0.2) is 43.4 Å². The topological polar surface area (TPSA) is 34.1 Å². The minimum Gasteiger partial charge on any atom is 0 e. The molecule has 0 spiro atoms. The van der Waals surface area contributed by atoms with Crippen LogP contribution in [0.1, 0.15) is 0 Å². The quantitative estimate of drug-likeness (QED) is 0.512. The fourth-order valence-electron chi connectivity index (χ4n) is 0. The molecule has 2 nitrogen and oxygen atoms in total. The SMILES string of the molecule is [B]=O.[O]=[Bi].[Si]. The molecule has 5 heavy (non-hydrogen) atoms. The Morgan fingerprint density at radius 2 is 1.20 bits per heavy atom. The molecule has 0 atom stereocenters. The zero-order valence-electron chi connectivity index (χ0n) is 2.34. The molecule has 0 N–H and O–H groups in total. The maximum Gasteiger partial charge on any atom is 0 e. The van der Waals surface area contributed by atoms with E-state index < -0.39 is 0 Å². The third-order valence-electron chi connectivity index (χ3n) is 0. The minimum atomic E-state index is 0. The summed E-state index contributed by atoms with van der Waals surface area (Å²) in [4.78, 5) is 0. The molecule has 6 radical (unpaired) electrons. The normalized spacial score (nSPS) is 1.40. The van der Waals surface area contributed by atoms with Crippen LogP contribution < -0.4 is 0 Å². The molecular formula is BBiO2Si. The van der Waals surface area contributed by atoms with E-state index in [1.54, 1.807) is 0 Å². The summed E-state index contributed by atoms with van der Waals surface area (Å²) in [6.07, 6.45) is 0. The molecule has 0 rings (SSSR count). The molecule has 0 saturated heterocycles. The van der Waals surface area contributed by atoms with E-state index >= 15 is 0 Å². The summed E-state index contributed by atoms with van der Waals surface area (Å²) in [5.74, 6) is 0. The molecule has 0 aromatic rings. The predicted molar refractivity (Wildman–Crippen MR) is 18.6 cm³/mol. The van der Waals surface area contributed by atoms with Gasteiger partial charge in [-0.25, -0.2) is 0 Å². The zero-order valence-corrected chi connectivity index (χ0v) is 6.82. The van der Waals surface area contributed by atoms with Crippen molar-refractivity contribution in [2.45, 2.75) is 0 Å². The third kappa shape index (κ3) is 62.3. The van der Waals surface area contributed by atoms with Crippen LogP contribution in [0.15, 0.2) is 0 Å². The summed E-state index contributed by atoms with van der Waals surface area (Å²) in [6.45, 7) is 0. The van der Waals surface area contributed by atoms with E-state index in [1.165, 1.54) is 0 Å². The van der Waals surface area contributed by atoms with Crippen molar-refractivity contribution in [2.75, 3.05) is 0 Å². The Bertz CT molecular complexity index is 11.6.